The molecule has 3 heterocycles. The third-order valence-electron chi connectivity index (χ3n) is 4.40. The number of hydrogen-bond donors (Lipinski definition) is 1. The lowest BCUT2D eigenvalue weighted by Gasteiger charge is -2.08. The summed E-state index contributed by atoms with van der Waals surface area (Å²) in [4.78, 5) is 16.9. The maximum Gasteiger partial charge on any atom is 0.270 e. The topological polar surface area (TPSA) is 64.7 Å². The summed E-state index contributed by atoms with van der Waals surface area (Å²) in [6.07, 6.45) is 5.29. The Balaban J connectivity index is 1.69. The van der Waals surface area contributed by atoms with Gasteiger partial charge in [0.1, 0.15) is 17.2 Å². The number of hydrogen-bond acceptors (Lipinski definition) is 3. The summed E-state index contributed by atoms with van der Waals surface area (Å²) in [7, 11) is 1.91. The Morgan fingerprint density at radius 2 is 1.96 bits per heavy atom. The lowest BCUT2D eigenvalue weighted by atomic mass is 10.2. The summed E-state index contributed by atoms with van der Waals surface area (Å²) in [6, 6.07) is 15.1. The first kappa shape index (κ1) is 17.7. The van der Waals surface area contributed by atoms with Crippen molar-refractivity contribution in [2.45, 2.75) is 6.54 Å². The van der Waals surface area contributed by atoms with E-state index in [0.717, 1.165) is 11.3 Å². The van der Waals surface area contributed by atoms with Crippen molar-refractivity contribution in [3.05, 3.63) is 90.3 Å². The zero-order valence-corrected chi connectivity index (χ0v) is 15.2. The zero-order chi connectivity index (χ0) is 19.5. The molecule has 0 fully saturated rings. The van der Waals surface area contributed by atoms with Gasteiger partial charge in [0.05, 0.1) is 11.4 Å². The molecule has 4 aromatic rings. The van der Waals surface area contributed by atoms with Crippen LogP contribution in [0.4, 0.5) is 4.39 Å². The van der Waals surface area contributed by atoms with Crippen molar-refractivity contribution in [2.75, 3.05) is 0 Å². The van der Waals surface area contributed by atoms with E-state index >= 15 is 0 Å². The van der Waals surface area contributed by atoms with Crippen molar-refractivity contribution in [2.24, 2.45) is 7.05 Å². The standard InChI is InChI=1S/C21H18FN5O/c1-26-11-3-5-19(26)18-12-20(21(28)24-14-15-4-2-10-23-13-15)27(25-18)17-8-6-16(22)7-9-17/h2-13H,14H2,1H3,(H,24,28). The Labute approximate surface area is 161 Å². The summed E-state index contributed by atoms with van der Waals surface area (Å²) < 4.78 is 16.8. The highest BCUT2D eigenvalue weighted by Gasteiger charge is 2.18. The molecule has 1 N–H and O–H groups in total. The number of amides is 1. The van der Waals surface area contributed by atoms with E-state index < -0.39 is 0 Å². The van der Waals surface area contributed by atoms with E-state index in [-0.39, 0.29) is 11.7 Å². The largest absolute Gasteiger partial charge is 0.349 e. The van der Waals surface area contributed by atoms with Gasteiger partial charge in [-0.1, -0.05) is 6.07 Å². The van der Waals surface area contributed by atoms with Crippen molar-refractivity contribution in [1.82, 2.24) is 24.6 Å². The molecule has 0 saturated carbocycles. The van der Waals surface area contributed by atoms with Gasteiger partial charge < -0.3 is 9.88 Å². The van der Waals surface area contributed by atoms with Crippen LogP contribution < -0.4 is 5.32 Å². The van der Waals surface area contributed by atoms with E-state index in [9.17, 15) is 9.18 Å². The Bertz CT molecular complexity index is 1100. The maximum absolute atomic E-state index is 13.3. The van der Waals surface area contributed by atoms with E-state index in [2.05, 4.69) is 15.4 Å². The number of aryl methyl sites for hydroxylation is 1. The summed E-state index contributed by atoms with van der Waals surface area (Å²) in [6.45, 7) is 0.348. The van der Waals surface area contributed by atoms with Crippen LogP contribution in [0.15, 0.2) is 73.2 Å². The highest BCUT2D eigenvalue weighted by Crippen LogP contribution is 2.22. The third kappa shape index (κ3) is 3.55. The second-order valence-electron chi connectivity index (χ2n) is 6.35. The number of rotatable bonds is 5. The number of aromatic nitrogens is 4. The number of carbonyl (C=O) groups excluding carboxylic acids is 1. The number of halogens is 1. The Kier molecular flexibility index (Phi) is 4.72. The summed E-state index contributed by atoms with van der Waals surface area (Å²) in [5.74, 6) is -0.623. The molecule has 28 heavy (non-hydrogen) atoms. The van der Waals surface area contributed by atoms with Crippen LogP contribution in [0.5, 0.6) is 0 Å². The van der Waals surface area contributed by atoms with Gasteiger partial charge in [0.25, 0.3) is 5.91 Å². The predicted octanol–water partition coefficient (Wildman–Crippen LogP) is 3.34. The molecule has 6 nitrogen and oxygen atoms in total. The van der Waals surface area contributed by atoms with Crippen LogP contribution >= 0.6 is 0 Å². The van der Waals surface area contributed by atoms with Crippen molar-refractivity contribution in [3.63, 3.8) is 0 Å². The first-order valence-electron chi connectivity index (χ1n) is 8.76. The van der Waals surface area contributed by atoms with Crippen molar-refractivity contribution in [3.8, 4) is 17.1 Å². The molecule has 0 aliphatic rings. The number of pyridine rings is 1. The third-order valence-corrected chi connectivity index (χ3v) is 4.40. The summed E-state index contributed by atoms with van der Waals surface area (Å²) in [5, 5.41) is 7.48. The summed E-state index contributed by atoms with van der Waals surface area (Å²) in [5.41, 5.74) is 3.40. The van der Waals surface area contributed by atoms with Gasteiger partial charge in [-0.25, -0.2) is 9.07 Å². The molecule has 0 aliphatic heterocycles. The van der Waals surface area contributed by atoms with Crippen molar-refractivity contribution >= 4 is 5.91 Å². The number of nitrogens with one attached hydrogen (secondary N) is 1. The van der Waals surface area contributed by atoms with Crippen LogP contribution in [0.2, 0.25) is 0 Å². The highest BCUT2D eigenvalue weighted by molar-refractivity contribution is 5.94. The first-order valence-corrected chi connectivity index (χ1v) is 8.76. The van der Waals surface area contributed by atoms with E-state index in [4.69, 9.17) is 0 Å². The molecule has 0 aliphatic carbocycles. The van der Waals surface area contributed by atoms with Crippen LogP contribution in [0.3, 0.4) is 0 Å². The van der Waals surface area contributed by atoms with Crippen molar-refractivity contribution in [1.29, 1.82) is 0 Å². The van der Waals surface area contributed by atoms with E-state index in [1.165, 1.54) is 16.8 Å². The van der Waals surface area contributed by atoms with Gasteiger partial charge >= 0.3 is 0 Å². The Morgan fingerprint density at radius 3 is 2.64 bits per heavy atom. The molecular formula is C21H18FN5O. The highest BCUT2D eigenvalue weighted by atomic mass is 19.1. The second kappa shape index (κ2) is 7.48. The predicted molar refractivity (Wildman–Crippen MR) is 103 cm³/mol. The maximum atomic E-state index is 13.3. The Hall–Kier alpha value is -3.74. The van der Waals surface area contributed by atoms with Crippen LogP contribution in [0.25, 0.3) is 17.1 Å². The van der Waals surface area contributed by atoms with E-state index in [1.807, 2.05) is 42.1 Å². The molecule has 1 amide bonds. The lowest BCUT2D eigenvalue weighted by molar-refractivity contribution is 0.0943. The minimum Gasteiger partial charge on any atom is -0.349 e. The smallest absolute Gasteiger partial charge is 0.270 e. The Morgan fingerprint density at radius 1 is 1.14 bits per heavy atom. The molecule has 1 aromatic carbocycles. The molecule has 0 bridgehead atoms. The zero-order valence-electron chi connectivity index (χ0n) is 15.2. The van der Waals surface area contributed by atoms with Crippen LogP contribution in [0.1, 0.15) is 16.1 Å². The van der Waals surface area contributed by atoms with Crippen molar-refractivity contribution < 1.29 is 9.18 Å². The molecule has 0 radical (unpaired) electrons. The molecule has 3 aromatic heterocycles. The van der Waals surface area contributed by atoms with Crippen LogP contribution in [-0.4, -0.2) is 25.2 Å². The van der Waals surface area contributed by atoms with Crippen LogP contribution in [0, 0.1) is 5.82 Å². The minimum absolute atomic E-state index is 0.277. The van der Waals surface area contributed by atoms with Gasteiger partial charge in [0.2, 0.25) is 0 Å². The number of nitrogens with zero attached hydrogens (tertiary/aromatic N) is 4. The van der Waals surface area contributed by atoms with Crippen LogP contribution in [-0.2, 0) is 13.6 Å². The van der Waals surface area contributed by atoms with Gasteiger partial charge in [0, 0.05) is 32.2 Å². The lowest BCUT2D eigenvalue weighted by Crippen LogP contribution is -2.25. The van der Waals surface area contributed by atoms with E-state index in [1.54, 1.807) is 30.6 Å². The average molecular weight is 375 g/mol. The molecule has 7 heteroatoms. The number of benzene rings is 1. The molecule has 140 valence electrons. The molecule has 0 saturated heterocycles. The fraction of sp³-hybridized carbons (Fsp3) is 0.0952. The number of carbonyl (C=O) groups is 1. The van der Waals surface area contributed by atoms with Gasteiger partial charge in [-0.05, 0) is 54.1 Å². The summed E-state index contributed by atoms with van der Waals surface area (Å²) >= 11 is 0. The van der Waals surface area contributed by atoms with Gasteiger partial charge in [-0.15, -0.1) is 0 Å². The van der Waals surface area contributed by atoms with Gasteiger partial charge in [-0.2, -0.15) is 5.10 Å². The molecule has 0 spiro atoms. The molecular weight excluding hydrogens is 357 g/mol. The monoisotopic (exact) mass is 375 g/mol. The van der Waals surface area contributed by atoms with Gasteiger partial charge in [0.15, 0.2) is 0 Å². The molecule has 0 atom stereocenters. The minimum atomic E-state index is -0.346. The fourth-order valence-electron chi connectivity index (χ4n) is 2.95. The SMILES string of the molecule is Cn1cccc1-c1cc(C(=O)NCc2cccnc2)n(-c2ccc(F)cc2)n1. The molecule has 4 rings (SSSR count). The quantitative estimate of drug-likeness (QED) is 0.582. The normalized spacial score (nSPS) is 10.8. The first-order chi connectivity index (χ1) is 13.6. The second-order valence-corrected chi connectivity index (χ2v) is 6.35. The van der Waals surface area contributed by atoms with Gasteiger partial charge in [-0.3, -0.25) is 9.78 Å². The van der Waals surface area contributed by atoms with E-state index in [0.29, 0.717) is 23.6 Å². The average Bonchev–Trinajstić information content (AvgIpc) is 3.34. The molecule has 0 unspecified atom stereocenters. The fourth-order valence-corrected chi connectivity index (χ4v) is 2.95.